The number of nitriles is 1. The molecule has 0 fully saturated rings. The van der Waals surface area contributed by atoms with Crippen LogP contribution in [0.5, 0.6) is 11.5 Å². The quantitative estimate of drug-likeness (QED) is 0.296. The second-order valence-corrected chi connectivity index (χ2v) is 6.53. The molecule has 0 aliphatic carbocycles. The highest BCUT2D eigenvalue weighted by Crippen LogP contribution is 2.22. The van der Waals surface area contributed by atoms with E-state index in [1.54, 1.807) is 30.3 Å². The van der Waals surface area contributed by atoms with E-state index in [2.05, 4.69) is 10.6 Å². The number of nitrogens with zero attached hydrogens (tertiary/aromatic N) is 1. The van der Waals surface area contributed by atoms with E-state index in [4.69, 9.17) is 4.74 Å². The fourth-order valence-electron chi connectivity index (χ4n) is 2.67. The zero-order chi connectivity index (χ0) is 22.9. The van der Waals surface area contributed by atoms with Gasteiger partial charge in [-0.25, -0.2) is 4.39 Å². The van der Waals surface area contributed by atoms with Crippen molar-refractivity contribution in [2.45, 2.75) is 0 Å². The molecule has 0 heterocycles. The summed E-state index contributed by atoms with van der Waals surface area (Å²) in [4.78, 5) is 24.6. The topological polar surface area (TPSA) is 111 Å². The summed E-state index contributed by atoms with van der Waals surface area (Å²) in [6, 6.07) is 19.9. The average Bonchev–Trinajstić information content (AvgIpc) is 2.79. The molecule has 3 aromatic carbocycles. The first kappa shape index (κ1) is 22.1. The Hall–Kier alpha value is -4.64. The van der Waals surface area contributed by atoms with E-state index in [9.17, 15) is 24.3 Å². The molecule has 3 N–H and O–H groups in total. The molecule has 0 bridgehead atoms. The smallest absolute Gasteiger partial charge is 0.266 e. The number of benzene rings is 3. The lowest BCUT2D eigenvalue weighted by atomic mass is 10.1. The van der Waals surface area contributed by atoms with Crippen LogP contribution in [0.4, 0.5) is 15.8 Å². The van der Waals surface area contributed by atoms with Gasteiger partial charge >= 0.3 is 0 Å². The van der Waals surface area contributed by atoms with E-state index >= 15 is 0 Å². The molecule has 8 heteroatoms. The minimum atomic E-state index is -0.648. The zero-order valence-electron chi connectivity index (χ0n) is 16.7. The van der Waals surface area contributed by atoms with Crippen LogP contribution in [0.25, 0.3) is 6.08 Å². The summed E-state index contributed by atoms with van der Waals surface area (Å²) >= 11 is 0. The number of phenols is 1. The molecule has 0 aliphatic rings. The molecule has 0 radical (unpaired) electrons. The molecular weight excluding hydrogens is 413 g/mol. The first-order valence-electron chi connectivity index (χ1n) is 9.44. The van der Waals surface area contributed by atoms with E-state index in [-0.39, 0.29) is 22.8 Å². The van der Waals surface area contributed by atoms with Gasteiger partial charge in [-0.15, -0.1) is 0 Å². The van der Waals surface area contributed by atoms with Crippen LogP contribution in [0.15, 0.2) is 78.4 Å². The van der Waals surface area contributed by atoms with E-state index in [1.165, 1.54) is 48.5 Å². The maximum atomic E-state index is 13.7. The minimum absolute atomic E-state index is 0.0342. The van der Waals surface area contributed by atoms with Gasteiger partial charge < -0.3 is 20.5 Å². The molecule has 0 aromatic heterocycles. The van der Waals surface area contributed by atoms with Gasteiger partial charge in [0.15, 0.2) is 6.61 Å². The lowest BCUT2D eigenvalue weighted by Crippen LogP contribution is -2.21. The average molecular weight is 431 g/mol. The molecule has 0 aliphatic heterocycles. The Bertz CT molecular complexity index is 1200. The van der Waals surface area contributed by atoms with Gasteiger partial charge in [0.1, 0.15) is 29.0 Å². The summed E-state index contributed by atoms with van der Waals surface area (Å²) in [5.41, 5.74) is 0.656. The fourth-order valence-corrected chi connectivity index (χ4v) is 2.67. The van der Waals surface area contributed by atoms with Crippen LogP contribution in [0, 0.1) is 17.1 Å². The Labute approximate surface area is 183 Å². The van der Waals surface area contributed by atoms with Crippen molar-refractivity contribution in [3.63, 3.8) is 0 Å². The summed E-state index contributed by atoms with van der Waals surface area (Å²) in [5, 5.41) is 23.7. The predicted octanol–water partition coefficient (Wildman–Crippen LogP) is 4.09. The number of amides is 2. The number of anilines is 2. The standard InChI is InChI=1S/C24H18FN3O4/c25-20-6-2-3-7-21(20)28-23(30)15-32-22-8-4-1-5-16(22)13-17(14-26)24(31)27-18-9-11-19(29)12-10-18/h1-13,29H,15H2,(H,27,31)(H,28,30). The third-order valence-electron chi connectivity index (χ3n) is 4.22. The van der Waals surface area contributed by atoms with Crippen molar-refractivity contribution in [3.05, 3.63) is 89.8 Å². The summed E-state index contributed by atoms with van der Waals surface area (Å²) in [6.45, 7) is -0.402. The second kappa shape index (κ2) is 10.4. The fraction of sp³-hybridized carbons (Fsp3) is 0.0417. The number of ether oxygens (including phenoxy) is 1. The van der Waals surface area contributed by atoms with Gasteiger partial charge in [0.05, 0.1) is 5.69 Å². The predicted molar refractivity (Wildman–Crippen MR) is 117 cm³/mol. The van der Waals surface area contributed by atoms with Crippen molar-refractivity contribution in [2.24, 2.45) is 0 Å². The van der Waals surface area contributed by atoms with Crippen LogP contribution in [-0.4, -0.2) is 23.5 Å². The molecule has 3 rings (SSSR count). The Kier molecular flexibility index (Phi) is 7.17. The Morgan fingerprint density at radius 1 is 1.00 bits per heavy atom. The normalized spacial score (nSPS) is 10.7. The number of nitrogens with one attached hydrogen (secondary N) is 2. The summed E-state index contributed by atoms with van der Waals surface area (Å²) < 4.78 is 19.2. The number of carbonyl (C=O) groups is 2. The van der Waals surface area contributed by atoms with Gasteiger partial charge in [0.2, 0.25) is 0 Å². The van der Waals surface area contributed by atoms with Crippen molar-refractivity contribution in [1.82, 2.24) is 0 Å². The highest BCUT2D eigenvalue weighted by molar-refractivity contribution is 6.09. The maximum Gasteiger partial charge on any atom is 0.266 e. The number of para-hydroxylation sites is 2. The molecule has 32 heavy (non-hydrogen) atoms. The number of halogens is 1. The van der Waals surface area contributed by atoms with Crippen molar-refractivity contribution in [2.75, 3.05) is 17.2 Å². The second-order valence-electron chi connectivity index (χ2n) is 6.53. The van der Waals surface area contributed by atoms with Gasteiger partial charge in [-0.1, -0.05) is 30.3 Å². The monoisotopic (exact) mass is 431 g/mol. The number of hydrogen-bond acceptors (Lipinski definition) is 5. The summed E-state index contributed by atoms with van der Waals surface area (Å²) in [5.74, 6) is -1.47. The third kappa shape index (κ3) is 5.93. The Morgan fingerprint density at radius 3 is 2.41 bits per heavy atom. The van der Waals surface area contributed by atoms with Gasteiger partial charge in [-0.3, -0.25) is 9.59 Å². The molecular formula is C24H18FN3O4. The van der Waals surface area contributed by atoms with Crippen LogP contribution in [0.1, 0.15) is 5.56 Å². The largest absolute Gasteiger partial charge is 0.508 e. The van der Waals surface area contributed by atoms with E-state index < -0.39 is 24.2 Å². The number of phenolic OH excluding ortho intramolecular Hbond substituents is 1. The number of hydrogen-bond donors (Lipinski definition) is 3. The Balaban J connectivity index is 1.70. The number of rotatable bonds is 7. The minimum Gasteiger partial charge on any atom is -0.508 e. The molecule has 0 saturated heterocycles. The molecule has 2 amide bonds. The van der Waals surface area contributed by atoms with Crippen molar-refractivity contribution >= 4 is 29.3 Å². The molecule has 3 aromatic rings. The SMILES string of the molecule is N#CC(=Cc1ccccc1OCC(=O)Nc1ccccc1F)C(=O)Nc1ccc(O)cc1. The highest BCUT2D eigenvalue weighted by Gasteiger charge is 2.13. The highest BCUT2D eigenvalue weighted by atomic mass is 19.1. The molecule has 0 spiro atoms. The van der Waals surface area contributed by atoms with Gasteiger partial charge in [-0.05, 0) is 48.5 Å². The number of aromatic hydroxyl groups is 1. The first-order valence-corrected chi connectivity index (χ1v) is 9.44. The molecule has 0 atom stereocenters. The zero-order valence-corrected chi connectivity index (χ0v) is 16.7. The third-order valence-corrected chi connectivity index (χ3v) is 4.22. The molecule has 0 saturated carbocycles. The molecule has 7 nitrogen and oxygen atoms in total. The lowest BCUT2D eigenvalue weighted by Gasteiger charge is -2.11. The van der Waals surface area contributed by atoms with Crippen LogP contribution in [0.2, 0.25) is 0 Å². The van der Waals surface area contributed by atoms with Crippen LogP contribution >= 0.6 is 0 Å². The maximum absolute atomic E-state index is 13.7. The molecule has 160 valence electrons. The van der Waals surface area contributed by atoms with Gasteiger partial charge in [0, 0.05) is 11.3 Å². The van der Waals surface area contributed by atoms with Crippen molar-refractivity contribution in [3.8, 4) is 17.6 Å². The van der Waals surface area contributed by atoms with E-state index in [0.29, 0.717) is 11.3 Å². The Morgan fingerprint density at radius 2 is 1.69 bits per heavy atom. The summed E-state index contributed by atoms with van der Waals surface area (Å²) in [7, 11) is 0. The van der Waals surface area contributed by atoms with E-state index in [1.807, 2.05) is 6.07 Å². The number of carbonyl (C=O) groups excluding carboxylic acids is 2. The van der Waals surface area contributed by atoms with Crippen molar-refractivity contribution < 1.29 is 23.8 Å². The van der Waals surface area contributed by atoms with E-state index in [0.717, 1.165) is 0 Å². The molecule has 0 unspecified atom stereocenters. The lowest BCUT2D eigenvalue weighted by molar-refractivity contribution is -0.118. The van der Waals surface area contributed by atoms with Crippen LogP contribution < -0.4 is 15.4 Å². The first-order chi connectivity index (χ1) is 15.5. The van der Waals surface area contributed by atoms with Gasteiger partial charge in [0.25, 0.3) is 11.8 Å². The van der Waals surface area contributed by atoms with Crippen molar-refractivity contribution in [1.29, 1.82) is 5.26 Å². The van der Waals surface area contributed by atoms with Gasteiger partial charge in [-0.2, -0.15) is 5.26 Å². The van der Waals surface area contributed by atoms with Crippen LogP contribution in [0.3, 0.4) is 0 Å². The summed E-state index contributed by atoms with van der Waals surface area (Å²) in [6.07, 6.45) is 1.33. The van der Waals surface area contributed by atoms with Crippen LogP contribution in [-0.2, 0) is 9.59 Å².